The van der Waals surface area contributed by atoms with E-state index >= 15 is 0 Å². The number of hydrogen-bond acceptors (Lipinski definition) is 4. The van der Waals surface area contributed by atoms with E-state index in [-0.39, 0.29) is 24.6 Å². The molecule has 0 rings (SSSR count). The number of rotatable bonds is 10. The number of hydrogen-bond donors (Lipinski definition) is 0. The first-order chi connectivity index (χ1) is 7.57. The summed E-state index contributed by atoms with van der Waals surface area (Å²) in [5, 5.41) is 0. The molecule has 0 aliphatic heterocycles. The van der Waals surface area contributed by atoms with Crippen LogP contribution in [-0.2, 0) is 19.0 Å². The van der Waals surface area contributed by atoms with Crippen LogP contribution < -0.4 is 0 Å². The first kappa shape index (κ1) is 15.6. The van der Waals surface area contributed by atoms with Crippen LogP contribution in [0.1, 0.15) is 34.1 Å². The van der Waals surface area contributed by atoms with Crippen molar-refractivity contribution in [2.45, 2.75) is 46.3 Å². The maximum atomic E-state index is 10.6. The van der Waals surface area contributed by atoms with Crippen molar-refractivity contribution in [3.63, 3.8) is 0 Å². The van der Waals surface area contributed by atoms with Crippen LogP contribution in [-0.4, -0.2) is 44.4 Å². The molecule has 0 amide bonds. The van der Waals surface area contributed by atoms with E-state index in [0.717, 1.165) is 13.0 Å². The van der Waals surface area contributed by atoms with Crippen LogP contribution in [0.3, 0.4) is 0 Å². The van der Waals surface area contributed by atoms with Crippen molar-refractivity contribution in [1.29, 1.82) is 0 Å². The second kappa shape index (κ2) is 9.75. The van der Waals surface area contributed by atoms with E-state index in [1.54, 1.807) is 0 Å². The van der Waals surface area contributed by atoms with Crippen molar-refractivity contribution < 1.29 is 19.0 Å². The minimum atomic E-state index is 0.0349. The summed E-state index contributed by atoms with van der Waals surface area (Å²) in [6, 6.07) is 0. The Bertz CT molecular complexity index is 182. The van der Waals surface area contributed by atoms with E-state index in [2.05, 4.69) is 6.92 Å². The first-order valence-corrected chi connectivity index (χ1v) is 5.88. The number of Topliss-reactive ketones (excluding diaryl/α,β-unsaturated/α-hetero) is 1. The lowest BCUT2D eigenvalue weighted by molar-refractivity contribution is -0.122. The highest BCUT2D eigenvalue weighted by molar-refractivity contribution is 5.76. The molecule has 0 fully saturated rings. The summed E-state index contributed by atoms with van der Waals surface area (Å²) in [4.78, 5) is 10.6. The molecule has 0 radical (unpaired) electrons. The van der Waals surface area contributed by atoms with Crippen LogP contribution in [0.2, 0.25) is 0 Å². The monoisotopic (exact) mass is 232 g/mol. The molecule has 0 bridgehead atoms. The van der Waals surface area contributed by atoms with Crippen molar-refractivity contribution >= 4 is 5.78 Å². The Morgan fingerprint density at radius 1 is 1.06 bits per heavy atom. The van der Waals surface area contributed by atoms with E-state index in [0.29, 0.717) is 13.2 Å². The molecule has 96 valence electrons. The molecule has 2 unspecified atom stereocenters. The van der Waals surface area contributed by atoms with Gasteiger partial charge >= 0.3 is 0 Å². The minimum absolute atomic E-state index is 0.0349. The fourth-order valence-corrected chi connectivity index (χ4v) is 1.08. The summed E-state index contributed by atoms with van der Waals surface area (Å²) in [5.41, 5.74) is 0. The van der Waals surface area contributed by atoms with Crippen LogP contribution in [0.5, 0.6) is 0 Å². The molecular formula is C12H24O4. The lowest BCUT2D eigenvalue weighted by atomic mass is 10.2. The molecule has 0 aromatic carbocycles. The van der Waals surface area contributed by atoms with Crippen molar-refractivity contribution in [2.24, 2.45) is 0 Å². The van der Waals surface area contributed by atoms with Gasteiger partial charge in [0, 0.05) is 6.61 Å². The SMILES string of the molecule is CCCOC(C)C(C)OCCOCC(C)=O. The van der Waals surface area contributed by atoms with Gasteiger partial charge in [-0.1, -0.05) is 6.92 Å². The van der Waals surface area contributed by atoms with Crippen molar-refractivity contribution in [3.05, 3.63) is 0 Å². The normalized spacial score (nSPS) is 14.8. The van der Waals surface area contributed by atoms with Crippen LogP contribution >= 0.6 is 0 Å². The third-order valence-electron chi connectivity index (χ3n) is 2.16. The Balaban J connectivity index is 3.41. The van der Waals surface area contributed by atoms with Crippen molar-refractivity contribution in [2.75, 3.05) is 26.4 Å². The molecule has 0 N–H and O–H groups in total. The average molecular weight is 232 g/mol. The minimum Gasteiger partial charge on any atom is -0.376 e. The summed E-state index contributed by atoms with van der Waals surface area (Å²) in [6.07, 6.45) is 1.15. The second-order valence-corrected chi connectivity index (χ2v) is 3.91. The molecule has 16 heavy (non-hydrogen) atoms. The lowest BCUT2D eigenvalue weighted by Gasteiger charge is -2.20. The Hall–Kier alpha value is -0.450. The molecule has 4 heteroatoms. The molecule has 0 aromatic heterocycles. The van der Waals surface area contributed by atoms with Gasteiger partial charge < -0.3 is 14.2 Å². The molecule has 0 spiro atoms. The number of carbonyl (C=O) groups is 1. The standard InChI is InChI=1S/C12H24O4/c1-5-6-15-11(3)12(4)16-8-7-14-9-10(2)13/h11-12H,5-9H2,1-4H3. The van der Waals surface area contributed by atoms with Gasteiger partial charge in [0.25, 0.3) is 0 Å². The Kier molecular flexibility index (Phi) is 9.48. The van der Waals surface area contributed by atoms with E-state index in [1.165, 1.54) is 6.92 Å². The summed E-state index contributed by atoms with van der Waals surface area (Å²) in [7, 11) is 0. The van der Waals surface area contributed by atoms with Gasteiger partial charge in [-0.2, -0.15) is 0 Å². The fraction of sp³-hybridized carbons (Fsp3) is 0.917. The van der Waals surface area contributed by atoms with E-state index < -0.39 is 0 Å². The smallest absolute Gasteiger partial charge is 0.155 e. The maximum absolute atomic E-state index is 10.6. The highest BCUT2D eigenvalue weighted by atomic mass is 16.6. The Labute approximate surface area is 98.3 Å². The summed E-state index contributed by atoms with van der Waals surface area (Å²) in [6.45, 7) is 9.42. The Morgan fingerprint density at radius 3 is 2.12 bits per heavy atom. The average Bonchev–Trinajstić information content (AvgIpc) is 2.24. The predicted octanol–water partition coefficient (Wildman–Crippen LogP) is 1.81. The highest BCUT2D eigenvalue weighted by Gasteiger charge is 2.12. The first-order valence-electron chi connectivity index (χ1n) is 5.88. The van der Waals surface area contributed by atoms with Gasteiger partial charge in [-0.3, -0.25) is 4.79 Å². The lowest BCUT2D eigenvalue weighted by Crippen LogP contribution is -2.28. The van der Waals surface area contributed by atoms with Gasteiger partial charge in [0.15, 0.2) is 5.78 Å². The number of carbonyl (C=O) groups excluding carboxylic acids is 1. The van der Waals surface area contributed by atoms with Gasteiger partial charge in [0.05, 0.1) is 25.4 Å². The summed E-state index contributed by atoms with van der Waals surface area (Å²) in [5.74, 6) is 0.0349. The molecular weight excluding hydrogens is 208 g/mol. The zero-order chi connectivity index (χ0) is 12.4. The Morgan fingerprint density at radius 2 is 1.62 bits per heavy atom. The molecule has 2 atom stereocenters. The molecule has 4 nitrogen and oxygen atoms in total. The van der Waals surface area contributed by atoms with Gasteiger partial charge in [0.2, 0.25) is 0 Å². The van der Waals surface area contributed by atoms with E-state index in [4.69, 9.17) is 14.2 Å². The van der Waals surface area contributed by atoms with Gasteiger partial charge in [-0.15, -0.1) is 0 Å². The molecule has 0 saturated heterocycles. The topological polar surface area (TPSA) is 44.8 Å². The number of ether oxygens (including phenoxy) is 3. The fourth-order valence-electron chi connectivity index (χ4n) is 1.08. The van der Waals surface area contributed by atoms with Crippen LogP contribution in [0, 0.1) is 0 Å². The van der Waals surface area contributed by atoms with Crippen molar-refractivity contribution in [1.82, 2.24) is 0 Å². The van der Waals surface area contributed by atoms with Gasteiger partial charge in [0.1, 0.15) is 6.61 Å². The molecule has 0 heterocycles. The molecule has 0 aliphatic rings. The summed E-state index contributed by atoms with van der Waals surface area (Å²) < 4.78 is 16.1. The quantitative estimate of drug-likeness (QED) is 0.539. The largest absolute Gasteiger partial charge is 0.376 e. The molecule has 0 aliphatic carbocycles. The van der Waals surface area contributed by atoms with E-state index in [9.17, 15) is 4.79 Å². The van der Waals surface area contributed by atoms with Gasteiger partial charge in [-0.25, -0.2) is 0 Å². The van der Waals surface area contributed by atoms with Crippen molar-refractivity contribution in [3.8, 4) is 0 Å². The number of ketones is 1. The molecule has 0 saturated carbocycles. The second-order valence-electron chi connectivity index (χ2n) is 3.91. The molecule has 0 aromatic rings. The van der Waals surface area contributed by atoms with Crippen LogP contribution in [0.25, 0.3) is 0 Å². The third-order valence-corrected chi connectivity index (χ3v) is 2.16. The maximum Gasteiger partial charge on any atom is 0.155 e. The summed E-state index contributed by atoms with van der Waals surface area (Å²) >= 11 is 0. The van der Waals surface area contributed by atoms with Crippen LogP contribution in [0.4, 0.5) is 0 Å². The zero-order valence-corrected chi connectivity index (χ0v) is 10.8. The predicted molar refractivity (Wildman–Crippen MR) is 62.6 cm³/mol. The third kappa shape index (κ3) is 8.83. The zero-order valence-electron chi connectivity index (χ0n) is 10.8. The van der Waals surface area contributed by atoms with Gasteiger partial charge in [-0.05, 0) is 27.2 Å². The highest BCUT2D eigenvalue weighted by Crippen LogP contribution is 2.03. The van der Waals surface area contributed by atoms with Crippen LogP contribution in [0.15, 0.2) is 0 Å². The van der Waals surface area contributed by atoms with E-state index in [1.807, 2.05) is 13.8 Å².